The zero-order valence-electron chi connectivity index (χ0n) is 6.66. The summed E-state index contributed by atoms with van der Waals surface area (Å²) in [6.07, 6.45) is 1.02. The topological polar surface area (TPSA) is 35.5 Å². The van der Waals surface area contributed by atoms with Crippen molar-refractivity contribution in [3.8, 4) is 0 Å². The molecule has 60 valence electrons. The Bertz CT molecular complexity index is 88.9. The van der Waals surface area contributed by atoms with Crippen molar-refractivity contribution in [2.24, 2.45) is 0 Å². The highest BCUT2D eigenvalue weighted by atomic mass is 16.5. The zero-order chi connectivity index (χ0) is 7.98. The molecule has 0 spiro atoms. The number of ether oxygens (including phenoxy) is 2. The lowest BCUT2D eigenvalue weighted by atomic mass is 10.2. The maximum Gasteiger partial charge on any atom is 0.151 e. The van der Waals surface area contributed by atoms with E-state index in [1.807, 2.05) is 6.92 Å². The lowest BCUT2D eigenvalue weighted by Crippen LogP contribution is -2.30. The Morgan fingerprint density at radius 1 is 1.40 bits per heavy atom. The number of rotatable bonds is 5. The first-order valence-electron chi connectivity index (χ1n) is 3.31. The molecule has 0 saturated heterocycles. The largest absolute Gasteiger partial charge is 0.378 e. The fourth-order valence-electron chi connectivity index (χ4n) is 0.828. The molecule has 0 aromatic carbocycles. The average molecular weight is 146 g/mol. The Hall–Kier alpha value is -0.410. The molecule has 2 atom stereocenters. The summed E-state index contributed by atoms with van der Waals surface area (Å²) in [4.78, 5) is 10.3. The highest BCUT2D eigenvalue weighted by Gasteiger charge is 2.17. The van der Waals surface area contributed by atoms with E-state index in [2.05, 4.69) is 0 Å². The van der Waals surface area contributed by atoms with Crippen molar-refractivity contribution in [2.45, 2.75) is 25.6 Å². The Morgan fingerprint density at radius 3 is 2.10 bits per heavy atom. The number of aldehydes is 1. The van der Waals surface area contributed by atoms with E-state index in [0.29, 0.717) is 0 Å². The van der Waals surface area contributed by atoms with Gasteiger partial charge in [-0.1, -0.05) is 6.92 Å². The van der Waals surface area contributed by atoms with Crippen LogP contribution in [0.2, 0.25) is 0 Å². The lowest BCUT2D eigenvalue weighted by molar-refractivity contribution is -0.124. The Balaban J connectivity index is 3.81. The Kier molecular flexibility index (Phi) is 5.16. The van der Waals surface area contributed by atoms with Crippen molar-refractivity contribution in [1.82, 2.24) is 0 Å². The summed E-state index contributed by atoms with van der Waals surface area (Å²) in [5.74, 6) is 0. The third-order valence-corrected chi connectivity index (χ3v) is 1.48. The molecule has 0 radical (unpaired) electrons. The van der Waals surface area contributed by atoms with Crippen LogP contribution in [0.3, 0.4) is 0 Å². The van der Waals surface area contributed by atoms with E-state index in [4.69, 9.17) is 9.47 Å². The number of hydrogen-bond acceptors (Lipinski definition) is 3. The van der Waals surface area contributed by atoms with Gasteiger partial charge in [-0.2, -0.15) is 0 Å². The number of carbonyl (C=O) groups is 1. The third kappa shape index (κ3) is 2.45. The smallest absolute Gasteiger partial charge is 0.151 e. The van der Waals surface area contributed by atoms with Gasteiger partial charge in [0.05, 0.1) is 6.10 Å². The number of methoxy groups -OCH3 is 2. The number of carbonyl (C=O) groups excluding carboxylic acids is 1. The third-order valence-electron chi connectivity index (χ3n) is 1.48. The number of hydrogen-bond donors (Lipinski definition) is 0. The van der Waals surface area contributed by atoms with Crippen molar-refractivity contribution >= 4 is 6.29 Å². The van der Waals surface area contributed by atoms with Crippen LogP contribution in [0.4, 0.5) is 0 Å². The van der Waals surface area contributed by atoms with E-state index in [9.17, 15) is 4.79 Å². The molecule has 10 heavy (non-hydrogen) atoms. The standard InChI is InChI=1S/C7H14O3/c1-4-6(9-2)7(5-8)10-3/h5-7H,4H2,1-3H3. The van der Waals surface area contributed by atoms with Gasteiger partial charge in [-0.15, -0.1) is 0 Å². The molecule has 0 aromatic heterocycles. The zero-order valence-corrected chi connectivity index (χ0v) is 6.66. The van der Waals surface area contributed by atoms with Gasteiger partial charge in [0, 0.05) is 14.2 Å². The average Bonchev–Trinajstić information content (AvgIpc) is 2.00. The molecule has 0 amide bonds. The summed E-state index contributed by atoms with van der Waals surface area (Å²) in [5.41, 5.74) is 0. The van der Waals surface area contributed by atoms with E-state index in [0.717, 1.165) is 12.7 Å². The van der Waals surface area contributed by atoms with Crippen LogP contribution in [0.25, 0.3) is 0 Å². The van der Waals surface area contributed by atoms with Crippen LogP contribution < -0.4 is 0 Å². The molecule has 3 nitrogen and oxygen atoms in total. The van der Waals surface area contributed by atoms with Crippen molar-refractivity contribution in [1.29, 1.82) is 0 Å². The van der Waals surface area contributed by atoms with E-state index in [-0.39, 0.29) is 6.10 Å². The van der Waals surface area contributed by atoms with E-state index in [1.165, 1.54) is 7.11 Å². The summed E-state index contributed by atoms with van der Waals surface area (Å²) in [6, 6.07) is 0. The molecular formula is C7H14O3. The highest BCUT2D eigenvalue weighted by molar-refractivity contribution is 5.57. The molecule has 0 aromatic rings. The minimum atomic E-state index is -0.421. The summed E-state index contributed by atoms with van der Waals surface area (Å²) < 4.78 is 9.84. The van der Waals surface area contributed by atoms with Gasteiger partial charge >= 0.3 is 0 Å². The van der Waals surface area contributed by atoms with Crippen LogP contribution in [-0.4, -0.2) is 32.7 Å². The Morgan fingerprint density at radius 2 is 2.00 bits per heavy atom. The van der Waals surface area contributed by atoms with Crippen molar-refractivity contribution in [3.05, 3.63) is 0 Å². The van der Waals surface area contributed by atoms with Gasteiger partial charge in [0.2, 0.25) is 0 Å². The fourth-order valence-corrected chi connectivity index (χ4v) is 0.828. The van der Waals surface area contributed by atoms with Crippen LogP contribution in [-0.2, 0) is 14.3 Å². The predicted octanol–water partition coefficient (Wildman–Crippen LogP) is 0.625. The molecule has 0 aliphatic rings. The summed E-state index contributed by atoms with van der Waals surface area (Å²) in [5, 5.41) is 0. The first-order valence-corrected chi connectivity index (χ1v) is 3.31. The van der Waals surface area contributed by atoms with Crippen LogP contribution in [0.1, 0.15) is 13.3 Å². The molecule has 2 unspecified atom stereocenters. The molecule has 0 saturated carbocycles. The Labute approximate surface area is 61.3 Å². The monoisotopic (exact) mass is 146 g/mol. The predicted molar refractivity (Wildman–Crippen MR) is 37.9 cm³/mol. The van der Waals surface area contributed by atoms with Crippen molar-refractivity contribution < 1.29 is 14.3 Å². The van der Waals surface area contributed by atoms with Crippen LogP contribution in [0.15, 0.2) is 0 Å². The molecule has 0 N–H and O–H groups in total. The van der Waals surface area contributed by atoms with Crippen LogP contribution in [0.5, 0.6) is 0 Å². The molecule has 0 fully saturated rings. The minimum Gasteiger partial charge on any atom is -0.378 e. The fraction of sp³-hybridized carbons (Fsp3) is 0.857. The van der Waals surface area contributed by atoms with Gasteiger partial charge in [0.15, 0.2) is 6.29 Å². The molecule has 0 aliphatic carbocycles. The molecular weight excluding hydrogens is 132 g/mol. The van der Waals surface area contributed by atoms with E-state index in [1.54, 1.807) is 7.11 Å². The van der Waals surface area contributed by atoms with Crippen molar-refractivity contribution in [2.75, 3.05) is 14.2 Å². The maximum atomic E-state index is 10.3. The second-order valence-electron chi connectivity index (χ2n) is 2.02. The normalized spacial score (nSPS) is 16.3. The highest BCUT2D eigenvalue weighted by Crippen LogP contribution is 2.03. The van der Waals surface area contributed by atoms with Crippen LogP contribution >= 0.6 is 0 Å². The first-order chi connectivity index (χ1) is 4.79. The maximum absolute atomic E-state index is 10.3. The molecule has 3 heteroatoms. The summed E-state index contributed by atoms with van der Waals surface area (Å²) in [6.45, 7) is 1.95. The van der Waals surface area contributed by atoms with E-state index < -0.39 is 6.10 Å². The summed E-state index contributed by atoms with van der Waals surface area (Å²) >= 11 is 0. The molecule has 0 aliphatic heterocycles. The van der Waals surface area contributed by atoms with Gasteiger partial charge in [0.1, 0.15) is 6.10 Å². The second-order valence-corrected chi connectivity index (χ2v) is 2.02. The molecule has 0 bridgehead atoms. The lowest BCUT2D eigenvalue weighted by Gasteiger charge is -2.17. The van der Waals surface area contributed by atoms with Gasteiger partial charge in [0.25, 0.3) is 0 Å². The van der Waals surface area contributed by atoms with Gasteiger partial charge in [-0.3, -0.25) is 0 Å². The van der Waals surface area contributed by atoms with Crippen LogP contribution in [0, 0.1) is 0 Å². The van der Waals surface area contributed by atoms with E-state index >= 15 is 0 Å². The molecule has 0 rings (SSSR count). The van der Waals surface area contributed by atoms with Gasteiger partial charge in [-0.05, 0) is 6.42 Å². The second kappa shape index (κ2) is 5.38. The quantitative estimate of drug-likeness (QED) is 0.533. The van der Waals surface area contributed by atoms with Gasteiger partial charge < -0.3 is 14.3 Å². The minimum absolute atomic E-state index is 0.109. The van der Waals surface area contributed by atoms with Crippen molar-refractivity contribution in [3.63, 3.8) is 0 Å². The summed E-state index contributed by atoms with van der Waals surface area (Å²) in [7, 11) is 3.07. The first kappa shape index (κ1) is 9.59. The molecule has 0 heterocycles. The van der Waals surface area contributed by atoms with Gasteiger partial charge in [-0.25, -0.2) is 0 Å². The SMILES string of the molecule is CCC(OC)C(C=O)OC.